The van der Waals surface area contributed by atoms with Crippen molar-refractivity contribution >= 4 is 17.7 Å². The quantitative estimate of drug-likeness (QED) is 0.476. The maximum absolute atomic E-state index is 12.7. The van der Waals surface area contributed by atoms with Crippen LogP contribution in [0.4, 0.5) is 0 Å². The number of Topliss-reactive ketones (excluding diaryl/α,β-unsaturated/α-hetero) is 1. The molecule has 0 radical (unpaired) electrons. The van der Waals surface area contributed by atoms with E-state index in [1.165, 1.54) is 0 Å². The van der Waals surface area contributed by atoms with Gasteiger partial charge in [0, 0.05) is 43.9 Å². The molecule has 0 spiro atoms. The zero-order valence-electron chi connectivity index (χ0n) is 15.5. The van der Waals surface area contributed by atoms with Gasteiger partial charge < -0.3 is 9.64 Å². The van der Waals surface area contributed by atoms with Gasteiger partial charge in [-0.2, -0.15) is 0 Å². The fourth-order valence-corrected chi connectivity index (χ4v) is 2.61. The summed E-state index contributed by atoms with van der Waals surface area (Å²) in [4.78, 5) is 42.2. The highest BCUT2D eigenvalue weighted by molar-refractivity contribution is 5.97. The lowest BCUT2D eigenvalue weighted by Gasteiger charge is -2.22. The average Bonchev–Trinajstić information content (AvgIpc) is 2.70. The van der Waals surface area contributed by atoms with E-state index in [0.29, 0.717) is 18.7 Å². The fraction of sp³-hybridized carbons (Fsp3) is 0.333. The van der Waals surface area contributed by atoms with Gasteiger partial charge in [-0.25, -0.2) is 0 Å². The number of hydrogen-bond acceptors (Lipinski definition) is 5. The molecule has 2 aromatic rings. The van der Waals surface area contributed by atoms with Gasteiger partial charge in [0.2, 0.25) is 5.91 Å². The highest BCUT2D eigenvalue weighted by Crippen LogP contribution is 2.10. The third-order valence-corrected chi connectivity index (χ3v) is 4.00. The molecule has 0 bridgehead atoms. The van der Waals surface area contributed by atoms with Crippen LogP contribution in [0.15, 0.2) is 54.9 Å². The Balaban J connectivity index is 1.96. The van der Waals surface area contributed by atoms with Crippen molar-refractivity contribution in [1.82, 2.24) is 9.88 Å². The molecule has 1 aromatic carbocycles. The molecule has 27 heavy (non-hydrogen) atoms. The summed E-state index contributed by atoms with van der Waals surface area (Å²) in [6.45, 7) is 2.63. The Bertz CT molecular complexity index is 747. The predicted octanol–water partition coefficient (Wildman–Crippen LogP) is 3.03. The van der Waals surface area contributed by atoms with Crippen LogP contribution in [0, 0.1) is 0 Å². The Hall–Kier alpha value is -3.02. The van der Waals surface area contributed by atoms with Crippen molar-refractivity contribution in [1.29, 1.82) is 0 Å². The molecular weight excluding hydrogens is 344 g/mol. The topological polar surface area (TPSA) is 76.6 Å². The number of ether oxygens (including phenoxy) is 1. The molecule has 0 aliphatic rings. The average molecular weight is 368 g/mol. The van der Waals surface area contributed by atoms with Crippen LogP contribution >= 0.6 is 0 Å². The van der Waals surface area contributed by atoms with Crippen LogP contribution < -0.4 is 0 Å². The second kappa shape index (κ2) is 10.9. The molecule has 0 aliphatic carbocycles. The van der Waals surface area contributed by atoms with Crippen LogP contribution in [-0.2, 0) is 20.9 Å². The number of aromatic nitrogens is 1. The van der Waals surface area contributed by atoms with Crippen molar-refractivity contribution in [3.63, 3.8) is 0 Å². The van der Waals surface area contributed by atoms with Crippen molar-refractivity contribution in [2.24, 2.45) is 0 Å². The largest absolute Gasteiger partial charge is 0.466 e. The van der Waals surface area contributed by atoms with Gasteiger partial charge in [0.05, 0.1) is 13.0 Å². The lowest BCUT2D eigenvalue weighted by atomic mass is 10.1. The van der Waals surface area contributed by atoms with E-state index < -0.39 is 0 Å². The molecule has 0 saturated carbocycles. The minimum atomic E-state index is -0.346. The minimum Gasteiger partial charge on any atom is -0.466 e. The first kappa shape index (κ1) is 20.3. The predicted molar refractivity (Wildman–Crippen MR) is 101 cm³/mol. The molecule has 0 N–H and O–H groups in total. The number of pyridine rings is 1. The third-order valence-electron chi connectivity index (χ3n) is 4.00. The Morgan fingerprint density at radius 2 is 1.78 bits per heavy atom. The van der Waals surface area contributed by atoms with Crippen molar-refractivity contribution < 1.29 is 19.1 Å². The first-order valence-electron chi connectivity index (χ1n) is 9.00. The molecule has 142 valence electrons. The summed E-state index contributed by atoms with van der Waals surface area (Å²) in [7, 11) is 0. The van der Waals surface area contributed by atoms with E-state index in [4.69, 9.17) is 4.74 Å². The van der Waals surface area contributed by atoms with E-state index in [1.54, 1.807) is 54.5 Å². The minimum absolute atomic E-state index is 0.0735. The maximum Gasteiger partial charge on any atom is 0.307 e. The zero-order chi connectivity index (χ0) is 19.5. The number of carbonyl (C=O) groups is 3. The summed E-state index contributed by atoms with van der Waals surface area (Å²) < 4.78 is 4.93. The molecular formula is C21H24N2O4. The van der Waals surface area contributed by atoms with Crippen LogP contribution in [0.1, 0.15) is 42.1 Å². The zero-order valence-corrected chi connectivity index (χ0v) is 15.5. The van der Waals surface area contributed by atoms with Crippen molar-refractivity contribution in [3.05, 3.63) is 66.0 Å². The number of nitrogens with zero attached hydrogens (tertiary/aromatic N) is 2. The Kier molecular flexibility index (Phi) is 8.16. The summed E-state index contributed by atoms with van der Waals surface area (Å²) in [5.74, 6) is -0.593. The van der Waals surface area contributed by atoms with E-state index in [9.17, 15) is 14.4 Å². The normalized spacial score (nSPS) is 10.3. The SMILES string of the molecule is CCOC(=O)CCN(Cc1cccnc1)C(=O)CCC(=O)c1ccccc1. The Labute approximate surface area is 159 Å². The number of hydrogen-bond donors (Lipinski definition) is 0. The van der Waals surface area contributed by atoms with Gasteiger partial charge >= 0.3 is 5.97 Å². The summed E-state index contributed by atoms with van der Waals surface area (Å²) in [5.41, 5.74) is 1.46. The number of carbonyl (C=O) groups excluding carboxylic acids is 3. The van der Waals surface area contributed by atoms with Crippen LogP contribution in [-0.4, -0.2) is 40.7 Å². The van der Waals surface area contributed by atoms with Crippen LogP contribution in [0.25, 0.3) is 0 Å². The van der Waals surface area contributed by atoms with Gasteiger partial charge in [0.1, 0.15) is 0 Å². The van der Waals surface area contributed by atoms with Gasteiger partial charge in [-0.15, -0.1) is 0 Å². The number of amides is 1. The molecule has 0 fully saturated rings. The fourth-order valence-electron chi connectivity index (χ4n) is 2.61. The van der Waals surface area contributed by atoms with Gasteiger partial charge in [-0.05, 0) is 18.6 Å². The summed E-state index contributed by atoms with van der Waals surface area (Å²) in [6, 6.07) is 12.6. The first-order valence-corrected chi connectivity index (χ1v) is 9.00. The molecule has 1 heterocycles. The van der Waals surface area contributed by atoms with Crippen LogP contribution in [0.3, 0.4) is 0 Å². The lowest BCUT2D eigenvalue weighted by Crippen LogP contribution is -2.33. The van der Waals surface area contributed by atoms with E-state index in [0.717, 1.165) is 5.56 Å². The van der Waals surface area contributed by atoms with Crippen molar-refractivity contribution in [2.75, 3.05) is 13.2 Å². The summed E-state index contributed by atoms with van der Waals surface area (Å²) in [5, 5.41) is 0. The van der Waals surface area contributed by atoms with E-state index in [1.807, 2.05) is 12.1 Å². The molecule has 1 aromatic heterocycles. The lowest BCUT2D eigenvalue weighted by molar-refractivity contribution is -0.144. The molecule has 0 atom stereocenters. The van der Waals surface area contributed by atoms with Gasteiger partial charge in [0.15, 0.2) is 5.78 Å². The van der Waals surface area contributed by atoms with E-state index in [2.05, 4.69) is 4.98 Å². The van der Waals surface area contributed by atoms with Gasteiger partial charge in [-0.3, -0.25) is 19.4 Å². The van der Waals surface area contributed by atoms with Crippen LogP contribution in [0.5, 0.6) is 0 Å². The standard InChI is InChI=1S/C21H24N2O4/c1-2-27-21(26)12-14-23(16-17-7-6-13-22-15-17)20(25)11-10-19(24)18-8-4-3-5-9-18/h3-9,13,15H,2,10-12,14,16H2,1H3. The molecule has 0 saturated heterocycles. The summed E-state index contributed by atoms with van der Waals surface area (Å²) in [6.07, 6.45) is 3.68. The monoisotopic (exact) mass is 368 g/mol. The smallest absolute Gasteiger partial charge is 0.307 e. The van der Waals surface area contributed by atoms with Crippen molar-refractivity contribution in [3.8, 4) is 0 Å². The number of benzene rings is 1. The highest BCUT2D eigenvalue weighted by Gasteiger charge is 2.18. The first-order chi connectivity index (χ1) is 13.1. The second-order valence-electron chi connectivity index (χ2n) is 6.02. The molecule has 1 amide bonds. The molecule has 2 rings (SSSR count). The van der Waals surface area contributed by atoms with Gasteiger partial charge in [0.25, 0.3) is 0 Å². The number of rotatable bonds is 10. The molecule has 6 heteroatoms. The van der Waals surface area contributed by atoms with Crippen molar-refractivity contribution in [2.45, 2.75) is 32.7 Å². The highest BCUT2D eigenvalue weighted by atomic mass is 16.5. The van der Waals surface area contributed by atoms with Crippen LogP contribution in [0.2, 0.25) is 0 Å². The molecule has 6 nitrogen and oxygen atoms in total. The Morgan fingerprint density at radius 3 is 2.44 bits per heavy atom. The molecule has 0 aliphatic heterocycles. The number of esters is 1. The van der Waals surface area contributed by atoms with Gasteiger partial charge in [-0.1, -0.05) is 36.4 Å². The Morgan fingerprint density at radius 1 is 1.00 bits per heavy atom. The second-order valence-corrected chi connectivity index (χ2v) is 6.02. The third kappa shape index (κ3) is 7.01. The maximum atomic E-state index is 12.7. The van der Waals surface area contributed by atoms with E-state index >= 15 is 0 Å². The van der Waals surface area contributed by atoms with E-state index in [-0.39, 0.29) is 43.5 Å². The summed E-state index contributed by atoms with van der Waals surface area (Å²) >= 11 is 0. The molecule has 0 unspecified atom stereocenters. The number of ketones is 1.